The molecular formula is C17H20N4O. The van der Waals surface area contributed by atoms with Gasteiger partial charge in [0.15, 0.2) is 5.82 Å². The molecule has 4 rings (SSSR count). The van der Waals surface area contributed by atoms with Gasteiger partial charge in [0.2, 0.25) is 5.91 Å². The zero-order chi connectivity index (χ0) is 15.1. The minimum atomic E-state index is -0.176. The summed E-state index contributed by atoms with van der Waals surface area (Å²) >= 11 is 0. The first-order chi connectivity index (χ1) is 10.8. The Morgan fingerprint density at radius 2 is 2.00 bits per heavy atom. The fourth-order valence-corrected chi connectivity index (χ4v) is 3.71. The van der Waals surface area contributed by atoms with Gasteiger partial charge in [0, 0.05) is 13.0 Å². The quantitative estimate of drug-likeness (QED) is 0.873. The van der Waals surface area contributed by atoms with Crippen molar-refractivity contribution in [3.05, 3.63) is 47.5 Å². The third kappa shape index (κ3) is 2.03. The van der Waals surface area contributed by atoms with Crippen molar-refractivity contribution < 1.29 is 4.79 Å². The molecule has 2 aliphatic rings. The normalized spacial score (nSPS) is 23.5. The molecule has 1 amide bonds. The zero-order valence-electron chi connectivity index (χ0n) is 12.8. The van der Waals surface area contributed by atoms with Crippen LogP contribution in [0, 0.1) is 0 Å². The van der Waals surface area contributed by atoms with Crippen LogP contribution in [0.3, 0.4) is 0 Å². The van der Waals surface area contributed by atoms with Gasteiger partial charge in [-0.3, -0.25) is 4.79 Å². The van der Waals surface area contributed by atoms with E-state index in [-0.39, 0.29) is 18.0 Å². The third-order valence-corrected chi connectivity index (χ3v) is 4.85. The summed E-state index contributed by atoms with van der Waals surface area (Å²) in [7, 11) is 0. The van der Waals surface area contributed by atoms with E-state index in [1.807, 2.05) is 17.9 Å². The largest absolute Gasteiger partial charge is 0.331 e. The minimum Gasteiger partial charge on any atom is -0.331 e. The van der Waals surface area contributed by atoms with Crippen LogP contribution in [0.25, 0.3) is 0 Å². The van der Waals surface area contributed by atoms with E-state index in [0.29, 0.717) is 0 Å². The molecule has 1 aromatic heterocycles. The maximum atomic E-state index is 12.5. The Bertz CT molecular complexity index is 694. The van der Waals surface area contributed by atoms with Gasteiger partial charge in [-0.2, -0.15) is 0 Å². The number of carbonyl (C=O) groups is 1. The van der Waals surface area contributed by atoms with Crippen molar-refractivity contribution in [1.29, 1.82) is 0 Å². The second-order valence-corrected chi connectivity index (χ2v) is 6.20. The van der Waals surface area contributed by atoms with E-state index in [1.165, 1.54) is 5.56 Å². The van der Waals surface area contributed by atoms with Gasteiger partial charge < -0.3 is 9.47 Å². The van der Waals surface area contributed by atoms with Gasteiger partial charge >= 0.3 is 0 Å². The van der Waals surface area contributed by atoms with Crippen molar-refractivity contribution in [3.63, 3.8) is 0 Å². The molecule has 2 aliphatic heterocycles. The van der Waals surface area contributed by atoms with Crippen molar-refractivity contribution in [3.8, 4) is 0 Å². The zero-order valence-corrected chi connectivity index (χ0v) is 12.8. The summed E-state index contributed by atoms with van der Waals surface area (Å²) in [6.45, 7) is 2.83. The summed E-state index contributed by atoms with van der Waals surface area (Å²) in [5.74, 6) is 2.13. The van der Waals surface area contributed by atoms with E-state index in [4.69, 9.17) is 0 Å². The van der Waals surface area contributed by atoms with E-state index in [0.717, 1.165) is 43.9 Å². The van der Waals surface area contributed by atoms with Gasteiger partial charge in [-0.25, -0.2) is 0 Å². The lowest BCUT2D eigenvalue weighted by Crippen LogP contribution is -2.42. The number of fused-ring (bicyclic) bond motifs is 3. The lowest BCUT2D eigenvalue weighted by molar-refractivity contribution is -0.137. The molecule has 1 saturated heterocycles. The molecule has 5 heteroatoms. The number of carbonyl (C=O) groups excluding carboxylic acids is 1. The fourth-order valence-electron chi connectivity index (χ4n) is 3.71. The Morgan fingerprint density at radius 1 is 1.18 bits per heavy atom. The SMILES string of the molecule is C[C@H]1C(=O)N2CCC[C@@H]2c2nnc(CCc3ccccc3)n21. The molecule has 0 spiro atoms. The number of hydrogen-bond acceptors (Lipinski definition) is 3. The van der Waals surface area contributed by atoms with Crippen molar-refractivity contribution in [2.24, 2.45) is 0 Å². The Labute approximate surface area is 130 Å². The summed E-state index contributed by atoms with van der Waals surface area (Å²) in [4.78, 5) is 14.5. The monoisotopic (exact) mass is 296 g/mol. The van der Waals surface area contributed by atoms with Crippen LogP contribution in [0.5, 0.6) is 0 Å². The molecule has 114 valence electrons. The van der Waals surface area contributed by atoms with Crippen molar-refractivity contribution >= 4 is 5.91 Å². The summed E-state index contributed by atoms with van der Waals surface area (Å²) in [6.07, 6.45) is 3.82. The first-order valence-electron chi connectivity index (χ1n) is 8.04. The molecule has 0 unspecified atom stereocenters. The number of amides is 1. The van der Waals surface area contributed by atoms with Crippen LogP contribution in [-0.4, -0.2) is 32.1 Å². The molecule has 0 saturated carbocycles. The molecule has 0 N–H and O–H groups in total. The maximum absolute atomic E-state index is 12.5. The number of rotatable bonds is 3. The molecule has 0 bridgehead atoms. The van der Waals surface area contributed by atoms with Gasteiger partial charge in [0.05, 0.1) is 6.04 Å². The Morgan fingerprint density at radius 3 is 2.82 bits per heavy atom. The molecule has 1 aromatic carbocycles. The van der Waals surface area contributed by atoms with Crippen LogP contribution in [0.1, 0.15) is 49.1 Å². The molecule has 0 radical (unpaired) electrons. The second kappa shape index (κ2) is 5.23. The number of nitrogens with zero attached hydrogens (tertiary/aromatic N) is 4. The van der Waals surface area contributed by atoms with E-state index >= 15 is 0 Å². The molecule has 2 aromatic rings. The van der Waals surface area contributed by atoms with E-state index in [2.05, 4.69) is 39.0 Å². The molecule has 5 nitrogen and oxygen atoms in total. The highest BCUT2D eigenvalue weighted by molar-refractivity contribution is 5.82. The van der Waals surface area contributed by atoms with E-state index in [1.54, 1.807) is 0 Å². The molecule has 3 heterocycles. The molecular weight excluding hydrogens is 276 g/mol. The van der Waals surface area contributed by atoms with E-state index in [9.17, 15) is 4.79 Å². The van der Waals surface area contributed by atoms with Crippen molar-refractivity contribution in [1.82, 2.24) is 19.7 Å². The molecule has 1 fully saturated rings. The van der Waals surface area contributed by atoms with Gasteiger partial charge in [0.25, 0.3) is 0 Å². The lowest BCUT2D eigenvalue weighted by Gasteiger charge is -2.34. The summed E-state index contributed by atoms with van der Waals surface area (Å²) in [6, 6.07) is 10.3. The Kier molecular flexibility index (Phi) is 3.21. The topological polar surface area (TPSA) is 51.0 Å². The average molecular weight is 296 g/mol. The van der Waals surface area contributed by atoms with Crippen LogP contribution in [0.15, 0.2) is 30.3 Å². The van der Waals surface area contributed by atoms with Crippen molar-refractivity contribution in [2.45, 2.75) is 44.7 Å². The highest BCUT2D eigenvalue weighted by Gasteiger charge is 2.42. The Hall–Kier alpha value is -2.17. The van der Waals surface area contributed by atoms with Crippen molar-refractivity contribution in [2.75, 3.05) is 6.54 Å². The smallest absolute Gasteiger partial charge is 0.246 e. The number of aryl methyl sites for hydroxylation is 2. The average Bonchev–Trinajstić information content (AvgIpc) is 3.18. The first-order valence-corrected chi connectivity index (χ1v) is 8.04. The van der Waals surface area contributed by atoms with Gasteiger partial charge in [-0.05, 0) is 31.7 Å². The number of aromatic nitrogens is 3. The van der Waals surface area contributed by atoms with Crippen LogP contribution < -0.4 is 0 Å². The standard InChI is InChI=1S/C17H20N4O/c1-12-17(22)20-11-5-8-14(20)16-19-18-15(21(12)16)10-9-13-6-3-2-4-7-13/h2-4,6-7,12,14H,5,8-11H2,1H3/t12-,14+/m0/s1. The Balaban J connectivity index is 1.62. The molecule has 2 atom stereocenters. The third-order valence-electron chi connectivity index (χ3n) is 4.85. The predicted molar refractivity (Wildman–Crippen MR) is 82.3 cm³/mol. The van der Waals surface area contributed by atoms with Gasteiger partial charge in [0.1, 0.15) is 11.9 Å². The summed E-state index contributed by atoms with van der Waals surface area (Å²) < 4.78 is 2.08. The van der Waals surface area contributed by atoms with Gasteiger partial charge in [-0.15, -0.1) is 10.2 Å². The van der Waals surface area contributed by atoms with Crippen LogP contribution >= 0.6 is 0 Å². The number of benzene rings is 1. The summed E-state index contributed by atoms with van der Waals surface area (Å²) in [5, 5.41) is 8.81. The van der Waals surface area contributed by atoms with E-state index < -0.39 is 0 Å². The highest BCUT2D eigenvalue weighted by atomic mass is 16.2. The summed E-state index contributed by atoms with van der Waals surface area (Å²) in [5.41, 5.74) is 1.29. The van der Waals surface area contributed by atoms with Gasteiger partial charge in [-0.1, -0.05) is 30.3 Å². The van der Waals surface area contributed by atoms with Crippen LogP contribution in [-0.2, 0) is 17.6 Å². The second-order valence-electron chi connectivity index (χ2n) is 6.20. The predicted octanol–water partition coefficient (Wildman–Crippen LogP) is 2.30. The molecule has 0 aliphatic carbocycles. The minimum absolute atomic E-state index is 0.140. The first kappa shape index (κ1) is 13.5. The molecule has 22 heavy (non-hydrogen) atoms. The number of hydrogen-bond donors (Lipinski definition) is 0. The maximum Gasteiger partial charge on any atom is 0.246 e. The fraction of sp³-hybridized carbons (Fsp3) is 0.471. The van der Waals surface area contributed by atoms with Crippen LogP contribution in [0.2, 0.25) is 0 Å². The van der Waals surface area contributed by atoms with Crippen LogP contribution in [0.4, 0.5) is 0 Å². The lowest BCUT2D eigenvalue weighted by atomic mass is 10.1. The highest BCUT2D eigenvalue weighted by Crippen LogP contribution is 2.38.